The van der Waals surface area contributed by atoms with Crippen LogP contribution in [0.4, 0.5) is 0 Å². The molecule has 0 saturated heterocycles. The van der Waals surface area contributed by atoms with E-state index in [9.17, 15) is 4.79 Å². The zero-order valence-corrected chi connectivity index (χ0v) is 15.9. The molecule has 4 N–H and O–H groups in total. The van der Waals surface area contributed by atoms with Gasteiger partial charge < -0.3 is 16.5 Å². The van der Waals surface area contributed by atoms with Crippen LogP contribution in [0.1, 0.15) is 39.3 Å². The fraction of sp³-hybridized carbons (Fsp3) is 0.400. The Bertz CT molecular complexity index is 736. The Kier molecular flexibility index (Phi) is 6.20. The first-order valence-corrected chi connectivity index (χ1v) is 8.90. The van der Waals surface area contributed by atoms with Gasteiger partial charge in [-0.3, -0.25) is 4.79 Å². The summed E-state index contributed by atoms with van der Waals surface area (Å²) in [5.74, 6) is 0.00984. The van der Waals surface area contributed by atoms with Gasteiger partial charge in [0.25, 0.3) is 5.91 Å². The maximum Gasteiger partial charge on any atom is 0.251 e. The van der Waals surface area contributed by atoms with Gasteiger partial charge in [-0.15, -0.1) is 0 Å². The van der Waals surface area contributed by atoms with E-state index in [-0.39, 0.29) is 29.8 Å². The number of halogens is 1. The third-order valence-corrected chi connectivity index (χ3v) is 4.91. The second-order valence-corrected chi connectivity index (χ2v) is 7.36. The summed E-state index contributed by atoms with van der Waals surface area (Å²) in [5, 5.41) is 11.6. The molecule has 3 unspecified atom stereocenters. The first-order chi connectivity index (χ1) is 11.7. The van der Waals surface area contributed by atoms with Gasteiger partial charge in [0.05, 0.1) is 6.04 Å². The maximum absolute atomic E-state index is 12.8. The van der Waals surface area contributed by atoms with E-state index in [1.807, 2.05) is 51.1 Å². The van der Waals surface area contributed by atoms with E-state index in [0.717, 1.165) is 5.56 Å². The molecule has 1 aromatic rings. The maximum atomic E-state index is 12.8. The average Bonchev–Trinajstić information content (AvgIpc) is 2.55. The standard InChI is InChI=1S/C20H26ClN3O/c1-11(2)19(15-7-5-6-8-17(15)21)24-20(25)14-9-12(3)18(23)16(10-14)13(4)22/h5-12,18-19,22H,23H2,1-4H3,(H,24,25). The molecule has 4 nitrogen and oxygen atoms in total. The third-order valence-electron chi connectivity index (χ3n) is 4.57. The van der Waals surface area contributed by atoms with Gasteiger partial charge in [-0.1, -0.05) is 56.6 Å². The molecule has 1 aliphatic carbocycles. The highest BCUT2D eigenvalue weighted by Gasteiger charge is 2.27. The van der Waals surface area contributed by atoms with Gasteiger partial charge in [-0.25, -0.2) is 0 Å². The highest BCUT2D eigenvalue weighted by molar-refractivity contribution is 6.31. The monoisotopic (exact) mass is 359 g/mol. The highest BCUT2D eigenvalue weighted by Crippen LogP contribution is 2.29. The van der Waals surface area contributed by atoms with Crippen LogP contribution in [0.2, 0.25) is 5.02 Å². The Labute approximate surface area is 154 Å². The largest absolute Gasteiger partial charge is 0.345 e. The molecule has 1 aliphatic rings. The Morgan fingerprint density at radius 2 is 1.96 bits per heavy atom. The van der Waals surface area contributed by atoms with Crippen molar-refractivity contribution in [3.63, 3.8) is 0 Å². The van der Waals surface area contributed by atoms with Gasteiger partial charge in [0.1, 0.15) is 0 Å². The predicted octanol–water partition coefficient (Wildman–Crippen LogP) is 4.02. The molecule has 0 bridgehead atoms. The summed E-state index contributed by atoms with van der Waals surface area (Å²) in [6.45, 7) is 7.75. The van der Waals surface area contributed by atoms with Crippen LogP contribution in [-0.2, 0) is 4.79 Å². The van der Waals surface area contributed by atoms with Gasteiger partial charge in [0, 0.05) is 22.3 Å². The van der Waals surface area contributed by atoms with E-state index < -0.39 is 0 Å². The number of rotatable bonds is 5. The van der Waals surface area contributed by atoms with Crippen LogP contribution >= 0.6 is 11.6 Å². The molecule has 25 heavy (non-hydrogen) atoms. The Balaban J connectivity index is 2.29. The van der Waals surface area contributed by atoms with Gasteiger partial charge >= 0.3 is 0 Å². The third kappa shape index (κ3) is 4.39. The van der Waals surface area contributed by atoms with Gasteiger partial charge in [0.15, 0.2) is 0 Å². The average molecular weight is 360 g/mol. The van der Waals surface area contributed by atoms with Crippen LogP contribution < -0.4 is 11.1 Å². The summed E-state index contributed by atoms with van der Waals surface area (Å²) in [6, 6.07) is 7.11. The Morgan fingerprint density at radius 1 is 1.32 bits per heavy atom. The zero-order valence-electron chi connectivity index (χ0n) is 15.1. The van der Waals surface area contributed by atoms with Gasteiger partial charge in [0.2, 0.25) is 0 Å². The topological polar surface area (TPSA) is 79.0 Å². The van der Waals surface area contributed by atoms with Crippen molar-refractivity contribution in [1.29, 1.82) is 5.41 Å². The Morgan fingerprint density at radius 3 is 2.52 bits per heavy atom. The van der Waals surface area contributed by atoms with E-state index >= 15 is 0 Å². The smallest absolute Gasteiger partial charge is 0.251 e. The van der Waals surface area contributed by atoms with Crippen molar-refractivity contribution in [2.45, 2.75) is 39.8 Å². The number of benzene rings is 1. The van der Waals surface area contributed by atoms with Crippen molar-refractivity contribution >= 4 is 23.2 Å². The minimum atomic E-state index is -0.251. The molecule has 2 rings (SSSR count). The lowest BCUT2D eigenvalue weighted by molar-refractivity contribution is -0.118. The Hall–Kier alpha value is -1.91. The summed E-state index contributed by atoms with van der Waals surface area (Å²) in [6.07, 6.45) is 3.60. The fourth-order valence-electron chi connectivity index (χ4n) is 3.04. The van der Waals surface area contributed by atoms with Crippen molar-refractivity contribution in [2.24, 2.45) is 17.6 Å². The lowest BCUT2D eigenvalue weighted by atomic mass is 9.84. The molecule has 0 heterocycles. The lowest BCUT2D eigenvalue weighted by Gasteiger charge is -2.28. The first kappa shape index (κ1) is 19.4. The molecule has 0 saturated carbocycles. The van der Waals surface area contributed by atoms with E-state index in [4.69, 9.17) is 22.7 Å². The second-order valence-electron chi connectivity index (χ2n) is 6.95. The lowest BCUT2D eigenvalue weighted by Crippen LogP contribution is -2.38. The molecular formula is C20H26ClN3O. The number of hydrogen-bond acceptors (Lipinski definition) is 3. The molecule has 0 spiro atoms. The minimum absolute atomic E-state index is 0.00105. The number of hydrogen-bond donors (Lipinski definition) is 3. The quantitative estimate of drug-likeness (QED) is 0.694. The van der Waals surface area contributed by atoms with E-state index in [2.05, 4.69) is 5.32 Å². The summed E-state index contributed by atoms with van der Waals surface area (Å²) in [7, 11) is 0. The molecule has 134 valence electrons. The number of carbonyl (C=O) groups excluding carboxylic acids is 1. The highest BCUT2D eigenvalue weighted by atomic mass is 35.5. The van der Waals surface area contributed by atoms with Crippen molar-refractivity contribution in [3.05, 3.63) is 58.1 Å². The molecular weight excluding hydrogens is 334 g/mol. The summed E-state index contributed by atoms with van der Waals surface area (Å²) in [5.41, 5.74) is 8.70. The van der Waals surface area contributed by atoms with Crippen LogP contribution in [0.3, 0.4) is 0 Å². The van der Waals surface area contributed by atoms with E-state index in [1.165, 1.54) is 0 Å². The van der Waals surface area contributed by atoms with Crippen LogP contribution in [-0.4, -0.2) is 17.7 Å². The molecule has 0 aliphatic heterocycles. The predicted molar refractivity (Wildman–Crippen MR) is 104 cm³/mol. The van der Waals surface area contributed by atoms with Crippen molar-refractivity contribution in [3.8, 4) is 0 Å². The SMILES string of the molecule is CC(=N)C1=CC(C(=O)NC(c2ccccc2Cl)C(C)C)=CC(C)C1N. The number of nitrogens with two attached hydrogens (primary N) is 1. The molecule has 0 fully saturated rings. The normalized spacial score (nSPS) is 21.4. The fourth-order valence-corrected chi connectivity index (χ4v) is 3.29. The number of nitrogens with one attached hydrogen (secondary N) is 2. The molecule has 0 aromatic heterocycles. The van der Waals surface area contributed by atoms with Crippen LogP contribution in [0, 0.1) is 17.2 Å². The van der Waals surface area contributed by atoms with Crippen molar-refractivity contribution in [2.75, 3.05) is 0 Å². The molecule has 1 aromatic carbocycles. The second kappa shape index (κ2) is 7.98. The van der Waals surface area contributed by atoms with E-state index in [0.29, 0.717) is 21.9 Å². The van der Waals surface area contributed by atoms with Crippen LogP contribution in [0.25, 0.3) is 0 Å². The first-order valence-electron chi connectivity index (χ1n) is 8.52. The molecule has 0 radical (unpaired) electrons. The minimum Gasteiger partial charge on any atom is -0.345 e. The summed E-state index contributed by atoms with van der Waals surface area (Å²) >= 11 is 6.32. The van der Waals surface area contributed by atoms with Crippen LogP contribution in [0.15, 0.2) is 47.6 Å². The van der Waals surface area contributed by atoms with Crippen LogP contribution in [0.5, 0.6) is 0 Å². The van der Waals surface area contributed by atoms with Gasteiger partial charge in [-0.05, 0) is 42.0 Å². The molecule has 3 atom stereocenters. The van der Waals surface area contributed by atoms with Crippen molar-refractivity contribution in [1.82, 2.24) is 5.32 Å². The van der Waals surface area contributed by atoms with Crippen molar-refractivity contribution < 1.29 is 4.79 Å². The van der Waals surface area contributed by atoms with Gasteiger partial charge in [-0.2, -0.15) is 0 Å². The number of carbonyl (C=O) groups is 1. The molecule has 5 heteroatoms. The number of amides is 1. The summed E-state index contributed by atoms with van der Waals surface area (Å²) < 4.78 is 0. The molecule has 1 amide bonds. The van der Waals surface area contributed by atoms with E-state index in [1.54, 1.807) is 13.0 Å². The zero-order chi connectivity index (χ0) is 18.7. The summed E-state index contributed by atoms with van der Waals surface area (Å²) in [4.78, 5) is 12.8.